The van der Waals surface area contributed by atoms with E-state index in [1.807, 2.05) is 26.0 Å². The molecule has 0 bridgehead atoms. The first-order chi connectivity index (χ1) is 12.4. The van der Waals surface area contributed by atoms with E-state index in [1.165, 1.54) is 0 Å². The Morgan fingerprint density at radius 2 is 1.65 bits per heavy atom. The number of benzene rings is 1. The minimum atomic E-state index is -0.722. The lowest BCUT2D eigenvalue weighted by Gasteiger charge is -2.45. The van der Waals surface area contributed by atoms with Gasteiger partial charge in [0, 0.05) is 17.9 Å². The summed E-state index contributed by atoms with van der Waals surface area (Å²) in [4.78, 5) is 12.8. The summed E-state index contributed by atoms with van der Waals surface area (Å²) in [5.74, 6) is -0.636. The van der Waals surface area contributed by atoms with Crippen LogP contribution in [0.1, 0.15) is 48.8 Å². The monoisotopic (exact) mass is 377 g/mol. The molecule has 1 saturated heterocycles. The summed E-state index contributed by atoms with van der Waals surface area (Å²) in [6.45, 7) is 5.23. The number of hydrogen-bond donors (Lipinski definition) is 2. The summed E-state index contributed by atoms with van der Waals surface area (Å²) >= 11 is 6.12. The van der Waals surface area contributed by atoms with Crippen LogP contribution in [0.4, 0.5) is 0 Å². The number of amides is 1. The van der Waals surface area contributed by atoms with Gasteiger partial charge in [-0.25, -0.2) is 0 Å². The van der Waals surface area contributed by atoms with Crippen molar-refractivity contribution in [3.63, 3.8) is 0 Å². The van der Waals surface area contributed by atoms with Crippen LogP contribution in [-0.4, -0.2) is 35.6 Å². The fourth-order valence-electron chi connectivity index (χ4n) is 4.55. The molecule has 2 aliphatic heterocycles. The summed E-state index contributed by atoms with van der Waals surface area (Å²) in [5, 5.41) is 14.8. The van der Waals surface area contributed by atoms with Crippen molar-refractivity contribution in [2.75, 3.05) is 13.2 Å². The number of carbonyl (C=O) groups excluding carboxylic acids is 1. The number of rotatable bonds is 1. The Hall–Kier alpha value is -1.56. The van der Waals surface area contributed by atoms with Gasteiger partial charge < -0.3 is 19.9 Å². The van der Waals surface area contributed by atoms with Crippen LogP contribution in [0.25, 0.3) is 5.57 Å². The van der Waals surface area contributed by atoms with Crippen molar-refractivity contribution in [3.8, 4) is 0 Å². The van der Waals surface area contributed by atoms with E-state index >= 15 is 0 Å². The van der Waals surface area contributed by atoms with Gasteiger partial charge >= 0.3 is 0 Å². The molecule has 2 heterocycles. The van der Waals surface area contributed by atoms with Crippen LogP contribution >= 0.6 is 11.6 Å². The van der Waals surface area contributed by atoms with Gasteiger partial charge in [0.1, 0.15) is 5.76 Å². The summed E-state index contributed by atoms with van der Waals surface area (Å²) in [6.07, 6.45) is 3.42. The lowest BCUT2D eigenvalue weighted by atomic mass is 9.77. The topological polar surface area (TPSA) is 67.8 Å². The Morgan fingerprint density at radius 3 is 2.23 bits per heavy atom. The van der Waals surface area contributed by atoms with Gasteiger partial charge in [-0.05, 0) is 61.9 Å². The van der Waals surface area contributed by atoms with Crippen molar-refractivity contribution in [3.05, 3.63) is 39.6 Å². The fraction of sp³-hybridized carbons (Fsp3) is 0.550. The molecule has 3 aliphatic rings. The molecular weight excluding hydrogens is 354 g/mol. The second-order valence-corrected chi connectivity index (χ2v) is 8.07. The molecule has 1 saturated carbocycles. The van der Waals surface area contributed by atoms with Crippen molar-refractivity contribution in [2.24, 2.45) is 0 Å². The van der Waals surface area contributed by atoms with E-state index in [0.717, 1.165) is 23.1 Å². The molecule has 2 fully saturated rings. The Kier molecular flexibility index (Phi) is 4.29. The van der Waals surface area contributed by atoms with E-state index in [-0.39, 0.29) is 11.7 Å². The van der Waals surface area contributed by atoms with E-state index in [1.54, 1.807) is 0 Å². The zero-order chi connectivity index (χ0) is 18.5. The molecule has 140 valence electrons. The Bertz CT molecular complexity index is 762. The van der Waals surface area contributed by atoms with Crippen molar-refractivity contribution < 1.29 is 19.4 Å². The highest BCUT2D eigenvalue weighted by molar-refractivity contribution is 6.31. The molecule has 1 aromatic rings. The lowest BCUT2D eigenvalue weighted by molar-refractivity contribution is -0.284. The van der Waals surface area contributed by atoms with Gasteiger partial charge in [-0.15, -0.1) is 0 Å². The first kappa shape index (κ1) is 17.8. The summed E-state index contributed by atoms with van der Waals surface area (Å²) < 4.78 is 11.8. The van der Waals surface area contributed by atoms with E-state index in [2.05, 4.69) is 5.32 Å². The smallest absolute Gasteiger partial charge is 0.256 e. The first-order valence-electron chi connectivity index (χ1n) is 9.17. The fourth-order valence-corrected chi connectivity index (χ4v) is 4.88. The van der Waals surface area contributed by atoms with Crippen LogP contribution in [-0.2, 0) is 14.3 Å². The predicted molar refractivity (Wildman–Crippen MR) is 99.1 cm³/mol. The molecule has 0 aromatic heterocycles. The van der Waals surface area contributed by atoms with Crippen molar-refractivity contribution in [1.29, 1.82) is 0 Å². The van der Waals surface area contributed by atoms with Crippen LogP contribution in [0.3, 0.4) is 0 Å². The van der Waals surface area contributed by atoms with Gasteiger partial charge in [0.05, 0.1) is 24.3 Å². The molecule has 0 unspecified atom stereocenters. The van der Waals surface area contributed by atoms with Gasteiger partial charge in [0.25, 0.3) is 5.91 Å². The molecule has 1 amide bonds. The highest BCUT2D eigenvalue weighted by Crippen LogP contribution is 2.47. The highest BCUT2D eigenvalue weighted by Gasteiger charge is 2.52. The van der Waals surface area contributed by atoms with Crippen LogP contribution in [0.15, 0.2) is 17.9 Å². The molecule has 4 rings (SSSR count). The van der Waals surface area contributed by atoms with Gasteiger partial charge in [0.15, 0.2) is 5.79 Å². The largest absolute Gasteiger partial charge is 0.509 e. The van der Waals surface area contributed by atoms with Crippen molar-refractivity contribution >= 4 is 23.1 Å². The minimum absolute atomic E-state index is 0.140. The molecule has 1 aromatic carbocycles. The average molecular weight is 378 g/mol. The van der Waals surface area contributed by atoms with Gasteiger partial charge in [-0.3, -0.25) is 4.79 Å². The Balaban J connectivity index is 1.68. The molecule has 1 aliphatic carbocycles. The van der Waals surface area contributed by atoms with Gasteiger partial charge in [-0.1, -0.05) is 11.6 Å². The van der Waals surface area contributed by atoms with E-state index in [4.69, 9.17) is 21.1 Å². The SMILES string of the molecule is Cc1cc(Cl)cc(C)c1C1=C(O)C2(CCC3(CC2)OCCCO3)NC1=O. The number of nitrogens with one attached hydrogen (secondary N) is 1. The van der Waals surface area contributed by atoms with E-state index in [9.17, 15) is 9.90 Å². The number of carbonyl (C=O) groups is 1. The highest BCUT2D eigenvalue weighted by atomic mass is 35.5. The number of aliphatic hydroxyl groups excluding tert-OH is 1. The molecule has 2 spiro atoms. The Labute approximate surface area is 158 Å². The third kappa shape index (κ3) is 2.73. The summed E-state index contributed by atoms with van der Waals surface area (Å²) in [7, 11) is 0. The van der Waals surface area contributed by atoms with Gasteiger partial charge in [0.2, 0.25) is 0 Å². The second-order valence-electron chi connectivity index (χ2n) is 7.64. The molecule has 5 nitrogen and oxygen atoms in total. The number of aryl methyl sites for hydroxylation is 2. The third-order valence-corrected chi connectivity index (χ3v) is 6.12. The number of halogens is 1. The zero-order valence-corrected chi connectivity index (χ0v) is 15.9. The predicted octanol–water partition coefficient (Wildman–Crippen LogP) is 3.80. The molecule has 0 radical (unpaired) electrons. The van der Waals surface area contributed by atoms with Crippen molar-refractivity contribution in [1.82, 2.24) is 5.32 Å². The first-order valence-corrected chi connectivity index (χ1v) is 9.55. The normalized spacial score (nSPS) is 24.3. The van der Waals surface area contributed by atoms with E-state index in [0.29, 0.717) is 49.5 Å². The molecule has 6 heteroatoms. The minimum Gasteiger partial charge on any atom is -0.509 e. The zero-order valence-electron chi connectivity index (χ0n) is 15.2. The van der Waals surface area contributed by atoms with Crippen LogP contribution in [0.2, 0.25) is 5.02 Å². The second kappa shape index (κ2) is 6.25. The Morgan fingerprint density at radius 1 is 1.08 bits per heavy atom. The van der Waals surface area contributed by atoms with Gasteiger partial charge in [-0.2, -0.15) is 0 Å². The quantitative estimate of drug-likeness (QED) is 0.781. The summed E-state index contributed by atoms with van der Waals surface area (Å²) in [5.41, 5.74) is 2.19. The maximum absolute atomic E-state index is 12.8. The number of hydrogen-bond acceptors (Lipinski definition) is 4. The molecule has 26 heavy (non-hydrogen) atoms. The lowest BCUT2D eigenvalue weighted by Crippen LogP contribution is -2.54. The maximum Gasteiger partial charge on any atom is 0.256 e. The van der Waals surface area contributed by atoms with Crippen molar-refractivity contribution in [2.45, 2.75) is 57.3 Å². The third-order valence-electron chi connectivity index (χ3n) is 5.90. The molecular formula is C20H24ClNO4. The van der Waals surface area contributed by atoms with Crippen LogP contribution in [0, 0.1) is 13.8 Å². The number of aliphatic hydroxyl groups is 1. The van der Waals surface area contributed by atoms with E-state index < -0.39 is 11.3 Å². The maximum atomic E-state index is 12.8. The standard InChI is InChI=1S/C20H24ClNO4/c1-12-10-14(21)11-13(2)15(12)16-17(23)19(22-18(16)24)4-6-20(7-5-19)25-8-3-9-26-20/h10-11,23H,3-9H2,1-2H3,(H,22,24). The van der Waals surface area contributed by atoms with Crippen LogP contribution in [0.5, 0.6) is 0 Å². The summed E-state index contributed by atoms with van der Waals surface area (Å²) in [6, 6.07) is 3.64. The molecule has 0 atom stereocenters. The van der Waals surface area contributed by atoms with Crippen LogP contribution < -0.4 is 5.32 Å². The molecule has 2 N–H and O–H groups in total. The number of ether oxygens (including phenoxy) is 2. The average Bonchev–Trinajstić information content (AvgIpc) is 2.83.